The first-order valence-corrected chi connectivity index (χ1v) is 11.9. The Morgan fingerprint density at radius 1 is 1.03 bits per heavy atom. The zero-order valence-electron chi connectivity index (χ0n) is 16.4. The van der Waals surface area contributed by atoms with Crippen LogP contribution in [0.5, 0.6) is 0 Å². The van der Waals surface area contributed by atoms with Crippen molar-refractivity contribution in [2.45, 2.75) is 31.1 Å². The minimum Gasteiger partial charge on any atom is -0.328 e. The van der Waals surface area contributed by atoms with E-state index in [0.29, 0.717) is 17.7 Å². The Hall–Kier alpha value is -1.20. The maximum absolute atomic E-state index is 12.4. The van der Waals surface area contributed by atoms with Gasteiger partial charge in [-0.25, -0.2) is 0 Å². The van der Waals surface area contributed by atoms with Gasteiger partial charge >= 0.3 is 0 Å². The van der Waals surface area contributed by atoms with Gasteiger partial charge in [-0.3, -0.25) is 4.79 Å². The monoisotopic (exact) mass is 448 g/mol. The van der Waals surface area contributed by atoms with Crippen molar-refractivity contribution in [3.05, 3.63) is 69.7 Å². The first-order valence-electron chi connectivity index (χ1n) is 10.2. The molecule has 0 radical (unpaired) electrons. The first-order chi connectivity index (χ1) is 14.1. The molecule has 2 aromatic rings. The Bertz CT molecular complexity index is 840. The van der Waals surface area contributed by atoms with Crippen LogP contribution in [0.4, 0.5) is 4.79 Å². The van der Waals surface area contributed by atoms with Gasteiger partial charge in [0.2, 0.25) is 0 Å². The summed E-state index contributed by atoms with van der Waals surface area (Å²) >= 11 is 14.0. The number of piperidine rings is 1. The normalized spacial score (nSPS) is 21.1. The summed E-state index contributed by atoms with van der Waals surface area (Å²) in [6.07, 6.45) is 3.33. The van der Waals surface area contributed by atoms with Crippen LogP contribution in [0.2, 0.25) is 10.0 Å². The summed E-state index contributed by atoms with van der Waals surface area (Å²) in [5.41, 5.74) is 2.36. The minimum absolute atomic E-state index is 0.212. The molecule has 2 saturated heterocycles. The highest BCUT2D eigenvalue weighted by molar-refractivity contribution is 8.14. The second kappa shape index (κ2) is 9.74. The van der Waals surface area contributed by atoms with E-state index in [9.17, 15) is 4.79 Å². The Kier molecular flexibility index (Phi) is 7.07. The molecule has 6 heteroatoms. The molecule has 0 aromatic heterocycles. The molecular formula is C23H26Cl2N2OS. The third-order valence-corrected chi connectivity index (χ3v) is 7.55. The average Bonchev–Trinajstić information content (AvgIpc) is 3.06. The molecule has 4 rings (SSSR count). The number of benzene rings is 2. The fraction of sp³-hybridized carbons (Fsp3) is 0.435. The van der Waals surface area contributed by atoms with E-state index in [4.69, 9.17) is 23.2 Å². The van der Waals surface area contributed by atoms with E-state index in [1.165, 1.54) is 30.2 Å². The van der Waals surface area contributed by atoms with Gasteiger partial charge in [0.15, 0.2) is 0 Å². The van der Waals surface area contributed by atoms with Gasteiger partial charge in [-0.15, -0.1) is 0 Å². The van der Waals surface area contributed by atoms with Gasteiger partial charge in [0, 0.05) is 34.9 Å². The van der Waals surface area contributed by atoms with Crippen LogP contribution in [0.3, 0.4) is 0 Å². The Morgan fingerprint density at radius 2 is 1.79 bits per heavy atom. The summed E-state index contributed by atoms with van der Waals surface area (Å²) in [4.78, 5) is 16.9. The number of halogens is 2. The smallest absolute Gasteiger partial charge is 0.282 e. The van der Waals surface area contributed by atoms with E-state index < -0.39 is 0 Å². The number of hydrogen-bond donors (Lipinski definition) is 0. The Morgan fingerprint density at radius 3 is 2.55 bits per heavy atom. The van der Waals surface area contributed by atoms with Crippen LogP contribution in [0.15, 0.2) is 48.5 Å². The number of carbonyl (C=O) groups is 1. The Balaban J connectivity index is 1.24. The summed E-state index contributed by atoms with van der Waals surface area (Å²) in [5, 5.41) is 2.15. The van der Waals surface area contributed by atoms with Gasteiger partial charge in [-0.1, -0.05) is 65.3 Å². The minimum atomic E-state index is 0.212. The molecule has 29 heavy (non-hydrogen) atoms. The predicted molar refractivity (Wildman–Crippen MR) is 123 cm³/mol. The van der Waals surface area contributed by atoms with E-state index in [1.54, 1.807) is 0 Å². The molecular weight excluding hydrogens is 423 g/mol. The quantitative estimate of drug-likeness (QED) is 0.542. The van der Waals surface area contributed by atoms with E-state index in [1.807, 2.05) is 41.3 Å². The third-order valence-electron chi connectivity index (χ3n) is 5.85. The van der Waals surface area contributed by atoms with Crippen LogP contribution in [0.25, 0.3) is 0 Å². The second-order valence-corrected chi connectivity index (χ2v) is 10.2. The molecule has 2 fully saturated rings. The molecule has 0 N–H and O–H groups in total. The van der Waals surface area contributed by atoms with E-state index in [2.05, 4.69) is 17.0 Å². The lowest BCUT2D eigenvalue weighted by Crippen LogP contribution is -2.39. The molecule has 154 valence electrons. The zero-order valence-corrected chi connectivity index (χ0v) is 18.7. The Labute approximate surface area is 187 Å². The highest BCUT2D eigenvalue weighted by atomic mass is 35.5. The highest BCUT2D eigenvalue weighted by Gasteiger charge is 2.32. The summed E-state index contributed by atoms with van der Waals surface area (Å²) in [5.74, 6) is 0.648. The maximum atomic E-state index is 12.4. The van der Waals surface area contributed by atoms with E-state index in [-0.39, 0.29) is 5.24 Å². The summed E-state index contributed by atoms with van der Waals surface area (Å²) < 4.78 is 0. The van der Waals surface area contributed by atoms with Crippen molar-refractivity contribution >= 4 is 40.2 Å². The van der Waals surface area contributed by atoms with Gasteiger partial charge in [0.1, 0.15) is 0 Å². The van der Waals surface area contributed by atoms with Crippen LogP contribution < -0.4 is 0 Å². The number of amides is 1. The van der Waals surface area contributed by atoms with Crippen LogP contribution in [-0.2, 0) is 13.0 Å². The van der Waals surface area contributed by atoms with Crippen molar-refractivity contribution in [3.63, 3.8) is 0 Å². The standard InChI is InChI=1S/C23H26Cl2N2OS/c24-20-6-7-22(25)19(13-20)12-17-8-10-26(11-9-17)15-21-16-27(23(28)29-21)14-18-4-2-1-3-5-18/h1-7,13,17,21H,8-12,14-16H2. The van der Waals surface area contributed by atoms with Crippen LogP contribution >= 0.6 is 35.0 Å². The number of hydrogen-bond acceptors (Lipinski definition) is 3. The highest BCUT2D eigenvalue weighted by Crippen LogP contribution is 2.31. The number of likely N-dealkylation sites (tertiary alicyclic amines) is 1. The third kappa shape index (κ3) is 5.69. The van der Waals surface area contributed by atoms with Crippen molar-refractivity contribution < 1.29 is 4.79 Å². The fourth-order valence-electron chi connectivity index (χ4n) is 4.27. The lowest BCUT2D eigenvalue weighted by molar-refractivity contribution is 0.179. The molecule has 0 bridgehead atoms. The van der Waals surface area contributed by atoms with Crippen molar-refractivity contribution in [3.8, 4) is 0 Å². The summed E-state index contributed by atoms with van der Waals surface area (Å²) in [6, 6.07) is 16.0. The van der Waals surface area contributed by atoms with Gasteiger partial charge in [0.05, 0.1) is 0 Å². The molecule has 1 unspecified atom stereocenters. The summed E-state index contributed by atoms with van der Waals surface area (Å²) in [6.45, 7) is 4.73. The fourth-order valence-corrected chi connectivity index (χ4v) is 5.78. The predicted octanol–water partition coefficient (Wildman–Crippen LogP) is 5.99. The molecule has 1 amide bonds. The van der Waals surface area contributed by atoms with E-state index in [0.717, 1.165) is 48.2 Å². The first kappa shape index (κ1) is 21.0. The van der Waals surface area contributed by atoms with Gasteiger partial charge in [0.25, 0.3) is 5.24 Å². The summed E-state index contributed by atoms with van der Waals surface area (Å²) in [7, 11) is 0. The lowest BCUT2D eigenvalue weighted by Gasteiger charge is -2.33. The number of thioether (sulfide) groups is 1. The molecule has 2 aliphatic heterocycles. The molecule has 3 nitrogen and oxygen atoms in total. The second-order valence-electron chi connectivity index (χ2n) is 8.06. The average molecular weight is 449 g/mol. The molecule has 2 aromatic carbocycles. The van der Waals surface area contributed by atoms with E-state index >= 15 is 0 Å². The van der Waals surface area contributed by atoms with Crippen molar-refractivity contribution in [1.82, 2.24) is 9.80 Å². The zero-order chi connectivity index (χ0) is 20.2. The SMILES string of the molecule is O=C1SC(CN2CCC(Cc3cc(Cl)ccc3Cl)CC2)CN1Cc1ccccc1. The van der Waals surface area contributed by atoms with Crippen LogP contribution in [0, 0.1) is 5.92 Å². The van der Waals surface area contributed by atoms with Crippen LogP contribution in [0.1, 0.15) is 24.0 Å². The van der Waals surface area contributed by atoms with Crippen molar-refractivity contribution in [1.29, 1.82) is 0 Å². The largest absolute Gasteiger partial charge is 0.328 e. The molecule has 2 aliphatic rings. The van der Waals surface area contributed by atoms with Gasteiger partial charge in [-0.2, -0.15) is 0 Å². The number of carbonyl (C=O) groups excluding carboxylic acids is 1. The molecule has 2 heterocycles. The maximum Gasteiger partial charge on any atom is 0.282 e. The molecule has 0 aliphatic carbocycles. The lowest BCUT2D eigenvalue weighted by atomic mass is 9.90. The number of rotatable bonds is 6. The van der Waals surface area contributed by atoms with Crippen molar-refractivity contribution in [2.75, 3.05) is 26.2 Å². The van der Waals surface area contributed by atoms with Gasteiger partial charge < -0.3 is 9.80 Å². The molecule has 1 atom stereocenters. The van der Waals surface area contributed by atoms with Crippen LogP contribution in [-0.4, -0.2) is 46.5 Å². The van der Waals surface area contributed by atoms with Crippen molar-refractivity contribution in [2.24, 2.45) is 5.92 Å². The topological polar surface area (TPSA) is 23.6 Å². The molecule has 0 saturated carbocycles. The number of nitrogens with zero attached hydrogens (tertiary/aromatic N) is 2. The van der Waals surface area contributed by atoms with Gasteiger partial charge in [-0.05, 0) is 67.6 Å². The molecule has 0 spiro atoms.